The van der Waals surface area contributed by atoms with Crippen molar-refractivity contribution in [3.8, 4) is 11.5 Å². The molecule has 0 heterocycles. The van der Waals surface area contributed by atoms with Gasteiger partial charge in [-0.25, -0.2) is 0 Å². The Morgan fingerprint density at radius 1 is 1.06 bits per heavy atom. The molecular formula is C10H6ClNO4S. The smallest absolute Gasteiger partial charge is 0.316 e. The van der Waals surface area contributed by atoms with Crippen molar-refractivity contribution in [3.63, 3.8) is 0 Å². The molecule has 0 saturated heterocycles. The molecule has 0 radical (unpaired) electrons. The van der Waals surface area contributed by atoms with E-state index in [0.29, 0.717) is 5.39 Å². The summed E-state index contributed by atoms with van der Waals surface area (Å²) in [6.07, 6.45) is 0. The monoisotopic (exact) mass is 271 g/mol. The molecule has 0 saturated carbocycles. The first-order valence-corrected chi connectivity index (χ1v) is 5.86. The van der Waals surface area contributed by atoms with Crippen molar-refractivity contribution in [2.75, 3.05) is 0 Å². The maximum Gasteiger partial charge on any atom is 0.316 e. The fourth-order valence-corrected chi connectivity index (χ4v) is 2.13. The summed E-state index contributed by atoms with van der Waals surface area (Å²) in [6, 6.07) is 6.36. The molecule has 2 rings (SSSR count). The Balaban J connectivity index is 3.01. The Bertz CT molecular complexity index is 732. The van der Waals surface area contributed by atoms with Crippen molar-refractivity contribution in [2.45, 2.75) is 0 Å². The van der Waals surface area contributed by atoms with Crippen LogP contribution < -0.4 is 0 Å². The summed E-state index contributed by atoms with van der Waals surface area (Å²) in [6.45, 7) is 0. The minimum Gasteiger partial charge on any atom is -0.506 e. The van der Waals surface area contributed by atoms with E-state index < -0.39 is 10.5 Å². The van der Waals surface area contributed by atoms with Gasteiger partial charge in [-0.1, -0.05) is 35.9 Å². The summed E-state index contributed by atoms with van der Waals surface area (Å²) in [5.74, 6) is -0.697. The van der Waals surface area contributed by atoms with Crippen molar-refractivity contribution < 1.29 is 18.6 Å². The van der Waals surface area contributed by atoms with E-state index in [1.807, 2.05) is 0 Å². The summed E-state index contributed by atoms with van der Waals surface area (Å²) in [7, 11) is -2.77. The lowest BCUT2D eigenvalue weighted by Gasteiger charge is -2.08. The van der Waals surface area contributed by atoms with Gasteiger partial charge in [-0.3, -0.25) is 0 Å². The van der Waals surface area contributed by atoms with Gasteiger partial charge < -0.3 is 10.2 Å². The van der Waals surface area contributed by atoms with Gasteiger partial charge in [-0.15, -0.1) is 4.36 Å². The molecule has 2 aromatic rings. The highest BCUT2D eigenvalue weighted by Crippen LogP contribution is 2.47. The van der Waals surface area contributed by atoms with Gasteiger partial charge in [0.05, 0.1) is 0 Å². The number of hydrogen-bond acceptors (Lipinski definition) is 5. The van der Waals surface area contributed by atoms with Gasteiger partial charge in [0.15, 0.2) is 5.75 Å². The molecule has 5 nitrogen and oxygen atoms in total. The lowest BCUT2D eigenvalue weighted by atomic mass is 10.1. The van der Waals surface area contributed by atoms with E-state index in [1.54, 1.807) is 18.2 Å². The molecule has 0 unspecified atom stereocenters. The number of phenols is 2. The van der Waals surface area contributed by atoms with Gasteiger partial charge in [0.2, 0.25) is 0 Å². The van der Waals surface area contributed by atoms with Gasteiger partial charge in [0.1, 0.15) is 16.5 Å². The molecule has 88 valence electrons. The minimum absolute atomic E-state index is 0.276. The van der Waals surface area contributed by atoms with E-state index in [2.05, 4.69) is 4.36 Å². The second-order valence-electron chi connectivity index (χ2n) is 3.21. The average molecular weight is 272 g/mol. The summed E-state index contributed by atoms with van der Waals surface area (Å²) in [4.78, 5) is 0. The Hall–Kier alpha value is -1.79. The number of halogens is 1. The van der Waals surface area contributed by atoms with Crippen molar-refractivity contribution in [1.29, 1.82) is 0 Å². The molecule has 7 heteroatoms. The largest absolute Gasteiger partial charge is 0.506 e. The molecule has 0 fully saturated rings. The van der Waals surface area contributed by atoms with E-state index in [1.165, 1.54) is 6.07 Å². The van der Waals surface area contributed by atoms with Crippen LogP contribution in [0.3, 0.4) is 0 Å². The molecule has 0 aliphatic heterocycles. The summed E-state index contributed by atoms with van der Waals surface area (Å²) < 4.78 is 24.1. The van der Waals surface area contributed by atoms with Crippen LogP contribution in [0.4, 0.5) is 5.69 Å². The van der Waals surface area contributed by atoms with Crippen LogP contribution in [0.1, 0.15) is 0 Å². The third kappa shape index (κ3) is 1.92. The highest BCUT2D eigenvalue weighted by atomic mass is 35.5. The van der Waals surface area contributed by atoms with Crippen LogP contribution in [-0.4, -0.2) is 18.6 Å². The number of hydrogen-bond donors (Lipinski definition) is 2. The maximum absolute atomic E-state index is 10.5. The molecule has 0 aliphatic rings. The zero-order chi connectivity index (χ0) is 12.6. The molecule has 0 bridgehead atoms. The van der Waals surface area contributed by atoms with E-state index in [4.69, 9.17) is 11.6 Å². The summed E-state index contributed by atoms with van der Waals surface area (Å²) >= 11 is 5.74. The Morgan fingerprint density at radius 2 is 1.59 bits per heavy atom. The van der Waals surface area contributed by atoms with Crippen LogP contribution >= 0.6 is 11.6 Å². The summed E-state index contributed by atoms with van der Waals surface area (Å²) in [5.41, 5.74) is -0.365. The molecule has 2 aromatic carbocycles. The van der Waals surface area contributed by atoms with Crippen LogP contribution in [0.25, 0.3) is 10.8 Å². The second kappa shape index (κ2) is 4.23. The normalized spacial score (nSPS) is 10.4. The second-order valence-corrected chi connectivity index (χ2v) is 4.21. The van der Waals surface area contributed by atoms with Crippen molar-refractivity contribution in [2.24, 2.45) is 4.36 Å². The molecular weight excluding hydrogens is 266 g/mol. The first kappa shape index (κ1) is 11.7. The predicted molar refractivity (Wildman–Crippen MR) is 63.3 cm³/mol. The quantitative estimate of drug-likeness (QED) is 0.781. The number of aromatic hydroxyl groups is 2. The van der Waals surface area contributed by atoms with E-state index >= 15 is 0 Å². The first-order valence-electron chi connectivity index (χ1n) is 4.45. The molecule has 0 spiro atoms. The van der Waals surface area contributed by atoms with Gasteiger partial charge in [0.25, 0.3) is 0 Å². The fourth-order valence-electron chi connectivity index (χ4n) is 1.52. The Labute approximate surface area is 103 Å². The van der Waals surface area contributed by atoms with Gasteiger partial charge in [-0.05, 0) is 0 Å². The van der Waals surface area contributed by atoms with E-state index in [-0.39, 0.29) is 27.6 Å². The van der Waals surface area contributed by atoms with Crippen LogP contribution in [-0.2, 0) is 10.5 Å². The number of phenolic OH excluding ortho intramolecular Hbond substituents is 2. The zero-order valence-corrected chi connectivity index (χ0v) is 9.83. The van der Waals surface area contributed by atoms with E-state index in [0.717, 1.165) is 0 Å². The van der Waals surface area contributed by atoms with Crippen LogP contribution in [0, 0.1) is 0 Å². The lowest BCUT2D eigenvalue weighted by molar-refractivity contribution is 0.471. The third-order valence-electron chi connectivity index (χ3n) is 2.24. The molecule has 0 aromatic heterocycles. The average Bonchev–Trinajstić information content (AvgIpc) is 2.31. The number of fused-ring (bicyclic) bond motifs is 1. The topological polar surface area (TPSA) is 87.0 Å². The Morgan fingerprint density at radius 3 is 2.12 bits per heavy atom. The molecule has 0 atom stereocenters. The van der Waals surface area contributed by atoms with Gasteiger partial charge in [-0.2, -0.15) is 8.42 Å². The van der Waals surface area contributed by atoms with Crippen molar-refractivity contribution in [1.82, 2.24) is 0 Å². The Kier molecular flexibility index (Phi) is 2.91. The third-order valence-corrected chi connectivity index (χ3v) is 2.93. The lowest BCUT2D eigenvalue weighted by Crippen LogP contribution is -1.79. The minimum atomic E-state index is -2.77. The molecule has 17 heavy (non-hydrogen) atoms. The standard InChI is InChI=1S/C10H6ClNO4S/c11-7-8(12-17(15)16)10(14)6-4-2-1-3-5(6)9(7)13/h1-4,13-14H. The van der Waals surface area contributed by atoms with Crippen molar-refractivity contribution >= 4 is 38.6 Å². The van der Waals surface area contributed by atoms with E-state index in [9.17, 15) is 18.6 Å². The van der Waals surface area contributed by atoms with Crippen LogP contribution in [0.2, 0.25) is 5.02 Å². The first-order chi connectivity index (χ1) is 8.02. The SMILES string of the molecule is O=S(=O)=Nc1c(Cl)c(O)c2ccccc2c1O. The zero-order valence-electron chi connectivity index (χ0n) is 8.25. The predicted octanol–water partition coefficient (Wildman–Crippen LogP) is 2.60. The number of nitrogens with zero attached hydrogens (tertiary/aromatic N) is 1. The van der Waals surface area contributed by atoms with Crippen LogP contribution in [0.15, 0.2) is 28.6 Å². The molecule has 2 N–H and O–H groups in total. The van der Waals surface area contributed by atoms with Crippen LogP contribution in [0.5, 0.6) is 11.5 Å². The number of rotatable bonds is 1. The highest BCUT2D eigenvalue weighted by molar-refractivity contribution is 7.61. The molecule has 0 amide bonds. The van der Waals surface area contributed by atoms with Gasteiger partial charge in [0, 0.05) is 10.8 Å². The van der Waals surface area contributed by atoms with Gasteiger partial charge >= 0.3 is 10.5 Å². The van der Waals surface area contributed by atoms with Crippen molar-refractivity contribution in [3.05, 3.63) is 29.3 Å². The molecule has 0 aliphatic carbocycles. The maximum atomic E-state index is 10.5. The number of benzene rings is 2. The highest BCUT2D eigenvalue weighted by Gasteiger charge is 2.17. The summed E-state index contributed by atoms with van der Waals surface area (Å²) in [5, 5.41) is 19.9. The fraction of sp³-hybridized carbons (Fsp3) is 0.